The van der Waals surface area contributed by atoms with Gasteiger partial charge in [-0.05, 0) is 36.1 Å². The molecule has 1 aromatic carbocycles. The lowest BCUT2D eigenvalue weighted by Crippen LogP contribution is -2.34. The number of nitrogens with zero attached hydrogens (tertiary/aromatic N) is 3. The number of hydrogen-bond acceptors (Lipinski definition) is 2. The zero-order valence-corrected chi connectivity index (χ0v) is 13.7. The second kappa shape index (κ2) is 4.67. The molecule has 0 saturated heterocycles. The first-order valence-electron chi connectivity index (χ1n) is 8.07. The summed E-state index contributed by atoms with van der Waals surface area (Å²) in [4.78, 5) is 4.72. The maximum atomic E-state index is 2.44. The van der Waals surface area contributed by atoms with E-state index in [1.807, 2.05) is 0 Å². The first-order valence-corrected chi connectivity index (χ1v) is 8.07. The van der Waals surface area contributed by atoms with E-state index < -0.39 is 0 Å². The number of benzene rings is 1. The third kappa shape index (κ3) is 1.75. The minimum Gasteiger partial charge on any atom is -0.358 e. The maximum absolute atomic E-state index is 2.44. The highest BCUT2D eigenvalue weighted by atomic mass is 15.4. The number of aryl methyl sites for hydroxylation is 1. The van der Waals surface area contributed by atoms with Crippen molar-refractivity contribution in [2.45, 2.75) is 39.3 Å². The molecular formula is C19H23N3. The molecule has 2 aliphatic heterocycles. The average molecular weight is 293 g/mol. The minimum absolute atomic E-state index is 0.447. The van der Waals surface area contributed by atoms with Gasteiger partial charge in [-0.25, -0.2) is 0 Å². The zero-order valence-electron chi connectivity index (χ0n) is 13.7. The fourth-order valence-electron chi connectivity index (χ4n) is 3.83. The Morgan fingerprint density at radius 2 is 1.91 bits per heavy atom. The molecule has 114 valence electrons. The molecule has 0 spiro atoms. The number of rotatable bonds is 2. The number of para-hydroxylation sites is 1. The van der Waals surface area contributed by atoms with E-state index in [9.17, 15) is 0 Å². The number of likely N-dealkylation sites (N-methyl/N-ethyl adjacent to an activating group) is 1. The Bertz CT molecular complexity index is 754. The standard InChI is InChI=1S/C19H23N3/c1-13(2)16-7-5-6-8-17(16)22-14(3)11-15-12-18-20(4)9-10-21(18)19(15)22/h5-11,13,18H,12H2,1-4H3. The van der Waals surface area contributed by atoms with Gasteiger partial charge in [0.05, 0.1) is 5.69 Å². The molecule has 0 radical (unpaired) electrons. The van der Waals surface area contributed by atoms with Crippen molar-refractivity contribution < 1.29 is 0 Å². The van der Waals surface area contributed by atoms with Crippen LogP contribution in [0.3, 0.4) is 0 Å². The van der Waals surface area contributed by atoms with Crippen LogP contribution in [0.25, 0.3) is 5.69 Å². The van der Waals surface area contributed by atoms with Crippen LogP contribution < -0.4 is 4.90 Å². The van der Waals surface area contributed by atoms with Crippen molar-refractivity contribution in [3.8, 4) is 5.69 Å². The largest absolute Gasteiger partial charge is 0.358 e. The van der Waals surface area contributed by atoms with Gasteiger partial charge < -0.3 is 9.80 Å². The van der Waals surface area contributed by atoms with Crippen molar-refractivity contribution >= 4 is 5.82 Å². The zero-order chi connectivity index (χ0) is 15.4. The second-order valence-corrected chi connectivity index (χ2v) is 6.74. The summed E-state index contributed by atoms with van der Waals surface area (Å²) in [7, 11) is 2.16. The molecule has 0 saturated carbocycles. The van der Waals surface area contributed by atoms with Gasteiger partial charge in [-0.2, -0.15) is 0 Å². The number of aromatic nitrogens is 1. The molecule has 1 unspecified atom stereocenters. The highest BCUT2D eigenvalue weighted by molar-refractivity contribution is 5.66. The van der Waals surface area contributed by atoms with Crippen molar-refractivity contribution in [2.75, 3.05) is 11.9 Å². The molecule has 3 heterocycles. The molecule has 0 bridgehead atoms. The van der Waals surface area contributed by atoms with Gasteiger partial charge in [0, 0.05) is 31.6 Å². The van der Waals surface area contributed by atoms with Crippen LogP contribution in [0, 0.1) is 6.92 Å². The van der Waals surface area contributed by atoms with Crippen LogP contribution in [-0.4, -0.2) is 22.7 Å². The summed E-state index contributed by atoms with van der Waals surface area (Å²) >= 11 is 0. The fourth-order valence-corrected chi connectivity index (χ4v) is 3.83. The molecule has 1 atom stereocenters. The molecule has 22 heavy (non-hydrogen) atoms. The van der Waals surface area contributed by atoms with Crippen LogP contribution in [0.1, 0.15) is 36.6 Å². The first kappa shape index (κ1) is 13.5. The Morgan fingerprint density at radius 3 is 2.68 bits per heavy atom. The van der Waals surface area contributed by atoms with Gasteiger partial charge in [0.2, 0.25) is 0 Å². The fraction of sp³-hybridized carbons (Fsp3) is 0.368. The van der Waals surface area contributed by atoms with Crippen LogP contribution in [0.15, 0.2) is 42.7 Å². The molecule has 0 amide bonds. The molecule has 0 N–H and O–H groups in total. The Kier molecular flexibility index (Phi) is 2.86. The SMILES string of the molecule is Cc1cc2c(n1-c1ccccc1C(C)C)N1C=CN(C)C1C2. The summed E-state index contributed by atoms with van der Waals surface area (Å²) < 4.78 is 2.44. The summed E-state index contributed by atoms with van der Waals surface area (Å²) in [6, 6.07) is 11.1. The van der Waals surface area contributed by atoms with E-state index in [1.165, 1.54) is 28.3 Å². The number of anilines is 1. The summed E-state index contributed by atoms with van der Waals surface area (Å²) in [5.74, 6) is 1.86. The molecular weight excluding hydrogens is 270 g/mol. The van der Waals surface area contributed by atoms with Crippen LogP contribution in [-0.2, 0) is 6.42 Å². The average Bonchev–Trinajstić information content (AvgIpc) is 3.10. The van der Waals surface area contributed by atoms with E-state index in [4.69, 9.17) is 0 Å². The Balaban J connectivity index is 1.91. The van der Waals surface area contributed by atoms with Crippen molar-refractivity contribution in [1.29, 1.82) is 0 Å². The Morgan fingerprint density at radius 1 is 1.14 bits per heavy atom. The Labute approximate surface area is 132 Å². The van der Waals surface area contributed by atoms with Crippen molar-refractivity contribution in [2.24, 2.45) is 0 Å². The quantitative estimate of drug-likeness (QED) is 0.828. The molecule has 1 aromatic heterocycles. The minimum atomic E-state index is 0.447. The normalized spacial score (nSPS) is 19.2. The molecule has 2 aromatic rings. The van der Waals surface area contributed by atoms with Gasteiger partial charge in [-0.3, -0.25) is 4.57 Å². The summed E-state index contributed by atoms with van der Waals surface area (Å²) in [6.45, 7) is 6.75. The summed E-state index contributed by atoms with van der Waals surface area (Å²) in [5, 5.41) is 0. The third-order valence-electron chi connectivity index (χ3n) is 4.94. The lowest BCUT2D eigenvalue weighted by atomic mass is 10.0. The monoisotopic (exact) mass is 293 g/mol. The predicted octanol–water partition coefficient (Wildman–Crippen LogP) is 4.01. The van der Waals surface area contributed by atoms with Gasteiger partial charge in [0.15, 0.2) is 0 Å². The highest BCUT2D eigenvalue weighted by Gasteiger charge is 2.37. The first-order chi connectivity index (χ1) is 10.6. The van der Waals surface area contributed by atoms with Crippen molar-refractivity contribution in [1.82, 2.24) is 9.47 Å². The van der Waals surface area contributed by atoms with Crippen LogP contribution in [0.4, 0.5) is 5.82 Å². The summed E-state index contributed by atoms with van der Waals surface area (Å²) in [5.41, 5.74) is 5.50. The van der Waals surface area contributed by atoms with Gasteiger partial charge in [0.25, 0.3) is 0 Å². The van der Waals surface area contributed by atoms with Crippen LogP contribution >= 0.6 is 0 Å². The maximum Gasteiger partial charge on any atom is 0.122 e. The summed E-state index contributed by atoms with van der Waals surface area (Å²) in [6.07, 6.45) is 5.93. The van der Waals surface area contributed by atoms with E-state index >= 15 is 0 Å². The predicted molar refractivity (Wildman–Crippen MR) is 91.5 cm³/mol. The van der Waals surface area contributed by atoms with Crippen molar-refractivity contribution in [3.05, 3.63) is 59.6 Å². The van der Waals surface area contributed by atoms with Gasteiger partial charge in [-0.1, -0.05) is 32.0 Å². The lowest BCUT2D eigenvalue weighted by molar-refractivity contribution is 0.367. The smallest absolute Gasteiger partial charge is 0.122 e. The topological polar surface area (TPSA) is 11.4 Å². The Hall–Kier alpha value is -2.16. The molecule has 3 heteroatoms. The van der Waals surface area contributed by atoms with E-state index in [0.717, 1.165) is 6.42 Å². The molecule has 0 aliphatic carbocycles. The lowest BCUT2D eigenvalue weighted by Gasteiger charge is -2.26. The van der Waals surface area contributed by atoms with E-state index in [1.54, 1.807) is 0 Å². The molecule has 4 rings (SSSR count). The van der Waals surface area contributed by atoms with Gasteiger partial charge in [-0.15, -0.1) is 0 Å². The van der Waals surface area contributed by atoms with Gasteiger partial charge >= 0.3 is 0 Å². The van der Waals surface area contributed by atoms with Crippen LogP contribution in [0.2, 0.25) is 0 Å². The van der Waals surface area contributed by atoms with Crippen LogP contribution in [0.5, 0.6) is 0 Å². The van der Waals surface area contributed by atoms with Gasteiger partial charge in [0.1, 0.15) is 12.0 Å². The van der Waals surface area contributed by atoms with Crippen molar-refractivity contribution in [3.63, 3.8) is 0 Å². The highest BCUT2D eigenvalue weighted by Crippen LogP contribution is 2.41. The van der Waals surface area contributed by atoms with E-state index in [-0.39, 0.29) is 0 Å². The molecule has 2 aliphatic rings. The second-order valence-electron chi connectivity index (χ2n) is 6.74. The van der Waals surface area contributed by atoms with E-state index in [2.05, 4.69) is 84.9 Å². The molecule has 3 nitrogen and oxygen atoms in total. The number of hydrogen-bond donors (Lipinski definition) is 0. The van der Waals surface area contributed by atoms with E-state index in [0.29, 0.717) is 12.1 Å². The third-order valence-corrected chi connectivity index (χ3v) is 4.94. The molecule has 0 fully saturated rings. The number of fused-ring (bicyclic) bond motifs is 3.